The molecular formula is C35H28ClN3O3S. The van der Waals surface area contributed by atoms with Gasteiger partial charge in [0.1, 0.15) is 17.2 Å². The Bertz CT molecular complexity index is 1960. The third-order valence-corrected chi connectivity index (χ3v) is 9.07. The van der Waals surface area contributed by atoms with E-state index in [9.17, 15) is 9.90 Å². The lowest BCUT2D eigenvalue weighted by molar-refractivity contribution is -0.111. The van der Waals surface area contributed by atoms with E-state index < -0.39 is 5.54 Å². The number of hydrogen-bond acceptors (Lipinski definition) is 4. The highest BCUT2D eigenvalue weighted by Gasteiger charge is 2.46. The molecule has 1 aromatic heterocycles. The summed E-state index contributed by atoms with van der Waals surface area (Å²) in [5, 5.41) is 13.4. The maximum Gasteiger partial charge on any atom is 0.284 e. The number of hydrogen-bond donors (Lipinski definition) is 1. The fourth-order valence-electron chi connectivity index (χ4n) is 6.77. The molecule has 1 N–H and O–H groups in total. The van der Waals surface area contributed by atoms with Gasteiger partial charge in [-0.3, -0.25) is 4.79 Å². The van der Waals surface area contributed by atoms with Gasteiger partial charge in [-0.2, -0.15) is 0 Å². The average molecular weight is 606 g/mol. The Morgan fingerprint density at radius 2 is 1.56 bits per heavy atom. The van der Waals surface area contributed by atoms with Gasteiger partial charge in [-0.05, 0) is 92.1 Å². The Morgan fingerprint density at radius 1 is 0.884 bits per heavy atom. The van der Waals surface area contributed by atoms with Crippen LogP contribution in [0, 0.1) is 0 Å². The number of aromatic nitrogens is 1. The van der Waals surface area contributed by atoms with Crippen molar-refractivity contribution < 1.29 is 14.6 Å². The number of amides is 1. The number of aromatic hydroxyl groups is 1. The lowest BCUT2D eigenvalue weighted by atomic mass is 9.66. The van der Waals surface area contributed by atoms with Crippen molar-refractivity contribution in [1.82, 2.24) is 4.57 Å². The fourth-order valence-corrected chi connectivity index (χ4v) is 7.18. The molecular weight excluding hydrogens is 578 g/mol. The van der Waals surface area contributed by atoms with Gasteiger partial charge in [-0.1, -0.05) is 67.1 Å². The largest absolute Gasteiger partial charge is 0.494 e. The molecule has 0 saturated heterocycles. The maximum absolute atomic E-state index is 14.0. The molecule has 2 aliphatic heterocycles. The van der Waals surface area contributed by atoms with Crippen LogP contribution in [0.15, 0.2) is 102 Å². The second-order valence-corrected chi connectivity index (χ2v) is 12.7. The number of nitrogens with zero attached hydrogens (tertiary/aromatic N) is 3. The summed E-state index contributed by atoms with van der Waals surface area (Å²) in [7, 11) is 0. The van der Waals surface area contributed by atoms with E-state index in [0.29, 0.717) is 27.8 Å². The van der Waals surface area contributed by atoms with Crippen molar-refractivity contribution in [1.29, 1.82) is 0 Å². The molecule has 7 rings (SSSR count). The minimum atomic E-state index is -0.486. The third-order valence-electron chi connectivity index (χ3n) is 8.55. The predicted octanol–water partition coefficient (Wildman–Crippen LogP) is 8.36. The van der Waals surface area contributed by atoms with Crippen LogP contribution < -0.4 is 9.64 Å². The van der Waals surface area contributed by atoms with Crippen molar-refractivity contribution >= 4 is 57.1 Å². The molecule has 0 aliphatic carbocycles. The number of thiocarbonyl (C=S) groups is 1. The van der Waals surface area contributed by atoms with Crippen LogP contribution in [-0.2, 0) is 15.7 Å². The highest BCUT2D eigenvalue weighted by molar-refractivity contribution is 7.80. The Balaban J connectivity index is 1.29. The highest BCUT2D eigenvalue weighted by Crippen LogP contribution is 2.53. The number of carbonyl (C=O) groups is 1. The number of rotatable bonds is 5. The van der Waals surface area contributed by atoms with Gasteiger partial charge < -0.3 is 14.4 Å². The smallest absolute Gasteiger partial charge is 0.284 e. The Kier molecular flexibility index (Phi) is 6.24. The summed E-state index contributed by atoms with van der Waals surface area (Å²) >= 11 is 11.8. The molecule has 5 aromatic rings. The topological polar surface area (TPSA) is 67.1 Å². The van der Waals surface area contributed by atoms with Gasteiger partial charge in [0.05, 0.1) is 16.8 Å². The van der Waals surface area contributed by atoms with Crippen molar-refractivity contribution in [3.8, 4) is 17.4 Å². The van der Waals surface area contributed by atoms with Gasteiger partial charge in [0.25, 0.3) is 5.91 Å². The van der Waals surface area contributed by atoms with Crippen LogP contribution in [0.4, 0.5) is 5.69 Å². The number of ether oxygens (including phenoxy) is 1. The number of aliphatic imine (C=N–C) groups is 1. The molecule has 4 aromatic carbocycles. The van der Waals surface area contributed by atoms with E-state index in [1.807, 2.05) is 59.2 Å². The number of carbonyl (C=O) groups excluding carboxylic acids is 1. The summed E-state index contributed by atoms with van der Waals surface area (Å²) in [4.78, 5) is 19.9. The molecule has 0 spiro atoms. The minimum absolute atomic E-state index is 0.00830. The predicted molar refractivity (Wildman–Crippen MR) is 175 cm³/mol. The lowest BCUT2D eigenvalue weighted by Crippen LogP contribution is -2.41. The lowest BCUT2D eigenvalue weighted by Gasteiger charge is -2.45. The first-order valence-electron chi connectivity index (χ1n) is 14.0. The quantitative estimate of drug-likeness (QED) is 0.204. The second-order valence-electron chi connectivity index (χ2n) is 11.9. The summed E-state index contributed by atoms with van der Waals surface area (Å²) in [5.41, 5.74) is 3.31. The fraction of sp³-hybridized carbons (Fsp3) is 0.171. The summed E-state index contributed by atoms with van der Waals surface area (Å²) in [6.45, 7) is 6.43. The van der Waals surface area contributed by atoms with E-state index in [-0.39, 0.29) is 28.0 Å². The normalized spacial score (nSPS) is 19.2. The highest BCUT2D eigenvalue weighted by atomic mass is 35.5. The van der Waals surface area contributed by atoms with Crippen molar-refractivity contribution in [2.24, 2.45) is 4.99 Å². The van der Waals surface area contributed by atoms with Crippen LogP contribution in [0.2, 0.25) is 5.02 Å². The Morgan fingerprint density at radius 3 is 2.26 bits per heavy atom. The molecule has 1 atom stereocenters. The zero-order valence-corrected chi connectivity index (χ0v) is 25.4. The molecule has 0 radical (unpaired) electrons. The van der Waals surface area contributed by atoms with Crippen molar-refractivity contribution in [2.45, 2.75) is 38.1 Å². The molecule has 0 bridgehead atoms. The summed E-state index contributed by atoms with van der Waals surface area (Å²) in [5.74, 6) is 0.964. The molecule has 6 nitrogen and oxygen atoms in total. The summed E-state index contributed by atoms with van der Waals surface area (Å²) in [6.07, 6.45) is 0.720. The molecule has 43 heavy (non-hydrogen) atoms. The van der Waals surface area contributed by atoms with Gasteiger partial charge in [-0.25, -0.2) is 9.89 Å². The first-order valence-corrected chi connectivity index (χ1v) is 14.8. The minimum Gasteiger partial charge on any atom is -0.494 e. The summed E-state index contributed by atoms with van der Waals surface area (Å²) < 4.78 is 7.85. The molecule has 1 unspecified atom stereocenters. The molecule has 0 saturated carbocycles. The number of halogens is 1. The van der Waals surface area contributed by atoms with Gasteiger partial charge in [0.2, 0.25) is 11.0 Å². The molecule has 214 valence electrons. The van der Waals surface area contributed by atoms with E-state index in [1.165, 1.54) is 4.90 Å². The monoisotopic (exact) mass is 605 g/mol. The zero-order valence-electron chi connectivity index (χ0n) is 23.8. The van der Waals surface area contributed by atoms with E-state index in [0.717, 1.165) is 28.5 Å². The number of anilines is 1. The maximum atomic E-state index is 14.0. The Hall–Kier alpha value is -4.46. The standard InChI is InChI=1S/C35H28ClN3O3S/c1-34(2)20-35(3,21-12-14-22(36)15-13-21)27-11-7-10-26-28(31(40)39(34)30(26)27)29-32(41)38(33(43)37-29)23-16-18-25(19-17-23)42-24-8-5-4-6-9-24/h4-19,40H,20H2,1-3H3. The van der Waals surface area contributed by atoms with E-state index in [4.69, 9.17) is 28.6 Å². The SMILES string of the molecule is CC1(c2ccc(Cl)cc2)CC(C)(C)n2c(O)c(C3=NC(=S)N(c4ccc(Oc5ccccc5)cc4)C3=O)c3cccc1c32. The van der Waals surface area contributed by atoms with Crippen molar-refractivity contribution in [2.75, 3.05) is 4.90 Å². The Labute approximate surface area is 259 Å². The van der Waals surface area contributed by atoms with Crippen molar-refractivity contribution in [3.05, 3.63) is 119 Å². The van der Waals surface area contributed by atoms with Crippen molar-refractivity contribution in [3.63, 3.8) is 0 Å². The molecule has 8 heteroatoms. The average Bonchev–Trinajstić information content (AvgIpc) is 3.45. The first-order chi connectivity index (χ1) is 20.6. The second kappa shape index (κ2) is 9.79. The van der Waals surface area contributed by atoms with Crippen LogP contribution in [0.25, 0.3) is 10.9 Å². The van der Waals surface area contributed by atoms with Crippen LogP contribution in [-0.4, -0.2) is 26.4 Å². The molecule has 2 aliphatic rings. The van der Waals surface area contributed by atoms with Crippen LogP contribution in [0.1, 0.15) is 43.9 Å². The van der Waals surface area contributed by atoms with Gasteiger partial charge in [0, 0.05) is 21.4 Å². The van der Waals surface area contributed by atoms with Crippen LogP contribution in [0.5, 0.6) is 17.4 Å². The van der Waals surface area contributed by atoms with Crippen LogP contribution >= 0.6 is 23.8 Å². The van der Waals surface area contributed by atoms with E-state index in [1.54, 1.807) is 24.3 Å². The molecule has 1 amide bonds. The van der Waals surface area contributed by atoms with E-state index in [2.05, 4.69) is 44.0 Å². The van der Waals surface area contributed by atoms with E-state index >= 15 is 0 Å². The van der Waals surface area contributed by atoms with Gasteiger partial charge in [0.15, 0.2) is 0 Å². The van der Waals surface area contributed by atoms with Gasteiger partial charge >= 0.3 is 0 Å². The summed E-state index contributed by atoms with van der Waals surface area (Å²) in [6, 6.07) is 30.5. The van der Waals surface area contributed by atoms with Gasteiger partial charge in [-0.15, -0.1) is 0 Å². The third kappa shape index (κ3) is 4.26. The number of benzene rings is 4. The zero-order chi connectivity index (χ0) is 30.1. The molecule has 0 fully saturated rings. The molecule has 3 heterocycles. The first kappa shape index (κ1) is 27.4. The van der Waals surface area contributed by atoms with Crippen LogP contribution in [0.3, 0.4) is 0 Å². The number of para-hydroxylation sites is 2.